The van der Waals surface area contributed by atoms with Gasteiger partial charge in [-0.1, -0.05) is 6.07 Å². The number of halogens is 2. The van der Waals surface area contributed by atoms with Crippen LogP contribution in [0.2, 0.25) is 0 Å². The van der Waals surface area contributed by atoms with Crippen molar-refractivity contribution >= 4 is 11.6 Å². The van der Waals surface area contributed by atoms with Crippen LogP contribution in [0.3, 0.4) is 0 Å². The van der Waals surface area contributed by atoms with Crippen molar-refractivity contribution in [1.29, 1.82) is 0 Å². The number of carbonyl (C=O) groups is 1. The van der Waals surface area contributed by atoms with Crippen molar-refractivity contribution in [3.05, 3.63) is 29.8 Å². The number of hydrogen-bond donors (Lipinski definition) is 1. The molecule has 0 aromatic heterocycles. The standard InChI is InChI=1S/C11H12F2N2O/c12-11(13)4-5-15(7-11)10(16)8-2-1-3-9(14)6-8/h1-3,6H,4-5,7,14H2. The van der Waals surface area contributed by atoms with E-state index in [9.17, 15) is 13.6 Å². The van der Waals surface area contributed by atoms with Crippen LogP contribution in [0, 0.1) is 0 Å². The van der Waals surface area contributed by atoms with Crippen LogP contribution in [-0.4, -0.2) is 29.8 Å². The van der Waals surface area contributed by atoms with Gasteiger partial charge in [0.25, 0.3) is 11.8 Å². The summed E-state index contributed by atoms with van der Waals surface area (Å²) in [5.41, 5.74) is 6.34. The first-order valence-electron chi connectivity index (χ1n) is 5.01. The van der Waals surface area contributed by atoms with Crippen LogP contribution in [0.1, 0.15) is 16.8 Å². The fraction of sp³-hybridized carbons (Fsp3) is 0.364. The minimum Gasteiger partial charge on any atom is -0.399 e. The highest BCUT2D eigenvalue weighted by Crippen LogP contribution is 2.27. The fourth-order valence-electron chi connectivity index (χ4n) is 1.76. The van der Waals surface area contributed by atoms with Crippen LogP contribution in [0.4, 0.5) is 14.5 Å². The molecule has 1 amide bonds. The Morgan fingerprint density at radius 3 is 2.75 bits per heavy atom. The Kier molecular flexibility index (Phi) is 2.53. The van der Waals surface area contributed by atoms with Crippen molar-refractivity contribution in [2.75, 3.05) is 18.8 Å². The molecule has 1 fully saturated rings. The van der Waals surface area contributed by atoms with E-state index in [2.05, 4.69) is 0 Å². The van der Waals surface area contributed by atoms with Gasteiger partial charge in [0.1, 0.15) is 0 Å². The first kappa shape index (κ1) is 10.9. The maximum atomic E-state index is 12.9. The normalized spacial score (nSPS) is 18.8. The summed E-state index contributed by atoms with van der Waals surface area (Å²) in [6.45, 7) is -0.402. The minimum absolute atomic E-state index is 0.0978. The van der Waals surface area contributed by atoms with Gasteiger partial charge < -0.3 is 10.6 Å². The van der Waals surface area contributed by atoms with Crippen molar-refractivity contribution in [2.24, 2.45) is 0 Å². The van der Waals surface area contributed by atoms with Crippen LogP contribution < -0.4 is 5.73 Å². The Balaban J connectivity index is 2.15. The van der Waals surface area contributed by atoms with E-state index in [1.54, 1.807) is 18.2 Å². The van der Waals surface area contributed by atoms with Gasteiger partial charge in [-0.15, -0.1) is 0 Å². The topological polar surface area (TPSA) is 46.3 Å². The van der Waals surface area contributed by atoms with Crippen molar-refractivity contribution in [1.82, 2.24) is 4.90 Å². The van der Waals surface area contributed by atoms with E-state index >= 15 is 0 Å². The van der Waals surface area contributed by atoms with E-state index in [4.69, 9.17) is 5.73 Å². The molecule has 0 aliphatic carbocycles. The van der Waals surface area contributed by atoms with Crippen LogP contribution in [0.25, 0.3) is 0 Å². The van der Waals surface area contributed by atoms with Crippen LogP contribution >= 0.6 is 0 Å². The molecule has 2 rings (SSSR count). The summed E-state index contributed by atoms with van der Waals surface area (Å²) in [7, 11) is 0. The molecule has 1 aliphatic rings. The second-order valence-corrected chi connectivity index (χ2v) is 3.96. The number of benzene rings is 1. The first-order chi connectivity index (χ1) is 7.48. The van der Waals surface area contributed by atoms with Crippen molar-refractivity contribution in [3.63, 3.8) is 0 Å². The minimum atomic E-state index is -2.75. The Labute approximate surface area is 91.8 Å². The molecule has 0 radical (unpaired) electrons. The second kappa shape index (κ2) is 3.73. The number of nitrogens with zero attached hydrogens (tertiary/aromatic N) is 1. The van der Waals surface area contributed by atoms with Crippen LogP contribution in [0.5, 0.6) is 0 Å². The van der Waals surface area contributed by atoms with E-state index in [1.807, 2.05) is 0 Å². The summed E-state index contributed by atoms with van der Waals surface area (Å²) in [5.74, 6) is -3.14. The third-order valence-corrected chi connectivity index (χ3v) is 2.59. The molecule has 2 N–H and O–H groups in total. The number of rotatable bonds is 1. The largest absolute Gasteiger partial charge is 0.399 e. The molecule has 3 nitrogen and oxygen atoms in total. The predicted molar refractivity (Wildman–Crippen MR) is 56.3 cm³/mol. The van der Waals surface area contributed by atoms with Gasteiger partial charge in [-0.05, 0) is 18.2 Å². The highest BCUT2D eigenvalue weighted by atomic mass is 19.3. The average Bonchev–Trinajstić information content (AvgIpc) is 2.58. The van der Waals surface area contributed by atoms with Gasteiger partial charge in [-0.3, -0.25) is 4.79 Å². The van der Waals surface area contributed by atoms with Crippen LogP contribution in [-0.2, 0) is 0 Å². The monoisotopic (exact) mass is 226 g/mol. The zero-order chi connectivity index (χ0) is 11.8. The Bertz CT molecular complexity index is 420. The molecule has 1 saturated heterocycles. The quantitative estimate of drug-likeness (QED) is 0.741. The van der Waals surface area contributed by atoms with Gasteiger partial charge in [0.15, 0.2) is 0 Å². The van der Waals surface area contributed by atoms with E-state index in [0.29, 0.717) is 11.3 Å². The molecule has 0 unspecified atom stereocenters. The third-order valence-electron chi connectivity index (χ3n) is 2.59. The van der Waals surface area contributed by atoms with E-state index < -0.39 is 12.5 Å². The summed E-state index contributed by atoms with van der Waals surface area (Å²) in [6.07, 6.45) is -0.263. The van der Waals surface area contributed by atoms with Crippen molar-refractivity contribution in [2.45, 2.75) is 12.3 Å². The molecule has 1 aromatic rings. The summed E-state index contributed by atoms with van der Waals surface area (Å²) >= 11 is 0. The third kappa shape index (κ3) is 2.13. The lowest BCUT2D eigenvalue weighted by Gasteiger charge is -2.16. The van der Waals surface area contributed by atoms with Gasteiger partial charge >= 0.3 is 0 Å². The Hall–Kier alpha value is -1.65. The molecule has 1 aliphatic heterocycles. The lowest BCUT2D eigenvalue weighted by Crippen LogP contribution is -2.31. The summed E-state index contributed by atoms with van der Waals surface area (Å²) in [5, 5.41) is 0. The second-order valence-electron chi connectivity index (χ2n) is 3.96. The zero-order valence-corrected chi connectivity index (χ0v) is 8.62. The molecule has 16 heavy (non-hydrogen) atoms. The molecular weight excluding hydrogens is 214 g/mol. The number of nitrogen functional groups attached to an aromatic ring is 1. The number of nitrogens with two attached hydrogens (primary N) is 1. The molecule has 0 bridgehead atoms. The van der Waals surface area contributed by atoms with E-state index in [1.165, 1.54) is 6.07 Å². The van der Waals surface area contributed by atoms with Gasteiger partial charge in [0, 0.05) is 24.2 Å². The highest BCUT2D eigenvalue weighted by Gasteiger charge is 2.40. The molecule has 1 heterocycles. The summed E-state index contributed by atoms with van der Waals surface area (Å²) < 4.78 is 25.9. The fourth-order valence-corrected chi connectivity index (χ4v) is 1.76. The maximum Gasteiger partial charge on any atom is 0.267 e. The highest BCUT2D eigenvalue weighted by molar-refractivity contribution is 5.95. The SMILES string of the molecule is Nc1cccc(C(=O)N2CCC(F)(F)C2)c1. The van der Waals surface area contributed by atoms with Gasteiger partial charge in [-0.25, -0.2) is 8.78 Å². The predicted octanol–water partition coefficient (Wildman–Crippen LogP) is 1.75. The molecule has 0 spiro atoms. The zero-order valence-electron chi connectivity index (χ0n) is 8.62. The maximum absolute atomic E-state index is 12.9. The van der Waals surface area contributed by atoms with Gasteiger partial charge in [0.2, 0.25) is 0 Å². The van der Waals surface area contributed by atoms with Gasteiger partial charge in [0.05, 0.1) is 6.54 Å². The van der Waals surface area contributed by atoms with Crippen molar-refractivity contribution < 1.29 is 13.6 Å². The molecule has 0 saturated carbocycles. The number of likely N-dealkylation sites (tertiary alicyclic amines) is 1. The van der Waals surface area contributed by atoms with E-state index in [-0.39, 0.29) is 18.9 Å². The smallest absolute Gasteiger partial charge is 0.267 e. The van der Waals surface area contributed by atoms with Crippen molar-refractivity contribution in [3.8, 4) is 0 Å². The number of anilines is 1. The Morgan fingerprint density at radius 1 is 1.44 bits per heavy atom. The van der Waals surface area contributed by atoms with Gasteiger partial charge in [-0.2, -0.15) is 0 Å². The number of amides is 1. The average molecular weight is 226 g/mol. The molecule has 1 aromatic carbocycles. The lowest BCUT2D eigenvalue weighted by atomic mass is 10.2. The molecule has 86 valence electrons. The molecule has 5 heteroatoms. The molecule has 0 atom stereocenters. The van der Waals surface area contributed by atoms with Crippen LogP contribution in [0.15, 0.2) is 24.3 Å². The Morgan fingerprint density at radius 2 is 2.19 bits per heavy atom. The number of hydrogen-bond acceptors (Lipinski definition) is 2. The number of alkyl halides is 2. The summed E-state index contributed by atoms with van der Waals surface area (Å²) in [4.78, 5) is 13.0. The number of carbonyl (C=O) groups excluding carboxylic acids is 1. The summed E-state index contributed by atoms with van der Waals surface area (Å²) in [6, 6.07) is 6.36. The first-order valence-corrected chi connectivity index (χ1v) is 5.01. The van der Waals surface area contributed by atoms with E-state index in [0.717, 1.165) is 4.90 Å². The lowest BCUT2D eigenvalue weighted by molar-refractivity contribution is 0.0120. The molecular formula is C11H12F2N2O.